The number of rotatable bonds is 7. The average molecular weight is 201 g/mol. The van der Waals surface area contributed by atoms with E-state index in [1.54, 1.807) is 0 Å². The molecule has 0 heterocycles. The van der Waals surface area contributed by atoms with Crippen LogP contribution in [0.1, 0.15) is 20.3 Å². The molecule has 0 fully saturated rings. The predicted molar refractivity (Wildman–Crippen MR) is 59.3 cm³/mol. The highest BCUT2D eigenvalue weighted by atomic mass is 16.1. The van der Waals surface area contributed by atoms with E-state index in [1.165, 1.54) is 0 Å². The fourth-order valence-corrected chi connectivity index (χ4v) is 0.982. The van der Waals surface area contributed by atoms with Crippen molar-refractivity contribution in [3.8, 4) is 0 Å². The molecule has 0 saturated carbocycles. The molecule has 0 atom stereocenters. The highest BCUT2D eigenvalue weighted by molar-refractivity contribution is 5.77. The minimum atomic E-state index is 0.0810. The maximum Gasteiger partial charge on any atom is 0.233 e. The molecule has 0 aliphatic heterocycles. The van der Waals surface area contributed by atoms with E-state index in [9.17, 15) is 4.79 Å². The van der Waals surface area contributed by atoms with Gasteiger partial charge >= 0.3 is 0 Å². The summed E-state index contributed by atoms with van der Waals surface area (Å²) in [5, 5.41) is 5.94. The van der Waals surface area contributed by atoms with Crippen LogP contribution in [0.5, 0.6) is 0 Å². The van der Waals surface area contributed by atoms with Crippen LogP contribution in [0.3, 0.4) is 0 Å². The standard InChI is InChI=1S/C10H23N3O/c1-9(2)12-8-10(14)11-6-5-7-13(3)4/h9,12H,5-8H2,1-4H3,(H,11,14). The molecule has 0 bridgehead atoms. The summed E-state index contributed by atoms with van der Waals surface area (Å²) in [6, 6.07) is 0.363. The van der Waals surface area contributed by atoms with Gasteiger partial charge in [0.15, 0.2) is 0 Å². The number of amides is 1. The molecule has 0 saturated heterocycles. The van der Waals surface area contributed by atoms with Crippen LogP contribution < -0.4 is 10.6 Å². The largest absolute Gasteiger partial charge is 0.355 e. The normalized spacial score (nSPS) is 11.0. The molecule has 0 spiro atoms. The number of carbonyl (C=O) groups excluding carboxylic acids is 1. The lowest BCUT2D eigenvalue weighted by atomic mass is 10.3. The smallest absolute Gasteiger partial charge is 0.233 e. The van der Waals surface area contributed by atoms with Crippen molar-refractivity contribution in [3.63, 3.8) is 0 Å². The van der Waals surface area contributed by atoms with E-state index < -0.39 is 0 Å². The number of carbonyl (C=O) groups is 1. The zero-order valence-electron chi connectivity index (χ0n) is 9.76. The summed E-state index contributed by atoms with van der Waals surface area (Å²) < 4.78 is 0. The molecule has 2 N–H and O–H groups in total. The summed E-state index contributed by atoms with van der Waals surface area (Å²) in [5.41, 5.74) is 0. The van der Waals surface area contributed by atoms with Gasteiger partial charge in [0.2, 0.25) is 5.91 Å². The Hall–Kier alpha value is -0.610. The van der Waals surface area contributed by atoms with E-state index >= 15 is 0 Å². The third-order valence-corrected chi connectivity index (χ3v) is 1.78. The number of hydrogen-bond donors (Lipinski definition) is 2. The number of hydrogen-bond acceptors (Lipinski definition) is 3. The van der Waals surface area contributed by atoms with Crippen molar-refractivity contribution in [2.45, 2.75) is 26.3 Å². The lowest BCUT2D eigenvalue weighted by Gasteiger charge is -2.11. The van der Waals surface area contributed by atoms with E-state index in [-0.39, 0.29) is 5.91 Å². The lowest BCUT2D eigenvalue weighted by Crippen LogP contribution is -2.37. The lowest BCUT2D eigenvalue weighted by molar-refractivity contribution is -0.120. The van der Waals surface area contributed by atoms with Gasteiger partial charge in [-0.25, -0.2) is 0 Å². The van der Waals surface area contributed by atoms with E-state index in [4.69, 9.17) is 0 Å². The Morgan fingerprint density at radius 3 is 2.50 bits per heavy atom. The van der Waals surface area contributed by atoms with E-state index in [0.717, 1.165) is 19.5 Å². The highest BCUT2D eigenvalue weighted by Crippen LogP contribution is 1.81. The summed E-state index contributed by atoms with van der Waals surface area (Å²) in [6.07, 6.45) is 1.00. The molecule has 0 aliphatic carbocycles. The molecular formula is C10H23N3O. The van der Waals surface area contributed by atoms with Crippen molar-refractivity contribution < 1.29 is 4.79 Å². The Kier molecular flexibility index (Phi) is 7.42. The van der Waals surface area contributed by atoms with Crippen LogP contribution in [0.4, 0.5) is 0 Å². The van der Waals surface area contributed by atoms with Crippen molar-refractivity contribution in [1.82, 2.24) is 15.5 Å². The third kappa shape index (κ3) is 9.48. The van der Waals surface area contributed by atoms with Crippen molar-refractivity contribution in [3.05, 3.63) is 0 Å². The second-order valence-corrected chi connectivity index (χ2v) is 4.04. The van der Waals surface area contributed by atoms with Crippen LogP contribution in [0, 0.1) is 0 Å². The summed E-state index contributed by atoms with van der Waals surface area (Å²) >= 11 is 0. The molecule has 0 aliphatic rings. The van der Waals surface area contributed by atoms with Gasteiger partial charge in [-0.3, -0.25) is 4.79 Å². The maximum atomic E-state index is 11.2. The van der Waals surface area contributed by atoms with Gasteiger partial charge in [0.05, 0.1) is 6.54 Å². The van der Waals surface area contributed by atoms with Crippen LogP contribution in [-0.2, 0) is 4.79 Å². The fraction of sp³-hybridized carbons (Fsp3) is 0.900. The third-order valence-electron chi connectivity index (χ3n) is 1.78. The summed E-state index contributed by atoms with van der Waals surface area (Å²) in [5.74, 6) is 0.0810. The second-order valence-electron chi connectivity index (χ2n) is 4.04. The Balaban J connectivity index is 3.27. The quantitative estimate of drug-likeness (QED) is 0.572. The predicted octanol–water partition coefficient (Wildman–Crippen LogP) is 0.0523. The Labute approximate surface area is 87.0 Å². The van der Waals surface area contributed by atoms with E-state index in [0.29, 0.717) is 12.6 Å². The van der Waals surface area contributed by atoms with Crippen molar-refractivity contribution in [2.24, 2.45) is 0 Å². The van der Waals surface area contributed by atoms with Gasteiger partial charge in [-0.05, 0) is 27.1 Å². The van der Waals surface area contributed by atoms with Gasteiger partial charge in [-0.1, -0.05) is 13.8 Å². The van der Waals surface area contributed by atoms with Crippen LogP contribution in [0.25, 0.3) is 0 Å². The zero-order chi connectivity index (χ0) is 11.0. The number of nitrogens with one attached hydrogen (secondary N) is 2. The van der Waals surface area contributed by atoms with Crippen molar-refractivity contribution in [1.29, 1.82) is 0 Å². The van der Waals surface area contributed by atoms with Crippen LogP contribution >= 0.6 is 0 Å². The van der Waals surface area contributed by atoms with E-state index in [2.05, 4.69) is 15.5 Å². The van der Waals surface area contributed by atoms with Crippen molar-refractivity contribution in [2.75, 3.05) is 33.7 Å². The van der Waals surface area contributed by atoms with Gasteiger partial charge in [0, 0.05) is 12.6 Å². The molecule has 0 aromatic heterocycles. The molecule has 14 heavy (non-hydrogen) atoms. The SMILES string of the molecule is CC(C)NCC(=O)NCCCN(C)C. The Morgan fingerprint density at radius 2 is 2.00 bits per heavy atom. The molecule has 0 aromatic carbocycles. The molecule has 0 radical (unpaired) electrons. The fourth-order valence-electron chi connectivity index (χ4n) is 0.982. The molecule has 0 unspecified atom stereocenters. The highest BCUT2D eigenvalue weighted by Gasteiger charge is 2.00. The topological polar surface area (TPSA) is 44.4 Å². The first-order valence-corrected chi connectivity index (χ1v) is 5.17. The van der Waals surface area contributed by atoms with Gasteiger partial charge in [-0.15, -0.1) is 0 Å². The maximum absolute atomic E-state index is 11.2. The van der Waals surface area contributed by atoms with Gasteiger partial charge in [0.1, 0.15) is 0 Å². The van der Waals surface area contributed by atoms with Crippen LogP contribution in [0.2, 0.25) is 0 Å². The number of nitrogens with zero attached hydrogens (tertiary/aromatic N) is 1. The minimum Gasteiger partial charge on any atom is -0.355 e. The van der Waals surface area contributed by atoms with E-state index in [1.807, 2.05) is 27.9 Å². The Morgan fingerprint density at radius 1 is 1.36 bits per heavy atom. The Bertz CT molecular complexity index is 157. The first-order chi connectivity index (χ1) is 6.52. The molecule has 0 rings (SSSR count). The van der Waals surface area contributed by atoms with Crippen molar-refractivity contribution >= 4 is 5.91 Å². The zero-order valence-corrected chi connectivity index (χ0v) is 9.76. The average Bonchev–Trinajstić information content (AvgIpc) is 2.08. The summed E-state index contributed by atoms with van der Waals surface area (Å²) in [7, 11) is 4.06. The molecule has 4 heteroatoms. The molecule has 84 valence electrons. The summed E-state index contributed by atoms with van der Waals surface area (Å²) in [6.45, 7) is 6.24. The monoisotopic (exact) mass is 201 g/mol. The van der Waals surface area contributed by atoms with Gasteiger partial charge in [0.25, 0.3) is 0 Å². The first kappa shape index (κ1) is 13.4. The molecular weight excluding hydrogens is 178 g/mol. The van der Waals surface area contributed by atoms with Gasteiger partial charge < -0.3 is 15.5 Å². The molecule has 0 aromatic rings. The minimum absolute atomic E-state index is 0.0810. The van der Waals surface area contributed by atoms with Gasteiger partial charge in [-0.2, -0.15) is 0 Å². The molecule has 1 amide bonds. The van der Waals surface area contributed by atoms with Crippen LogP contribution in [-0.4, -0.2) is 50.6 Å². The van der Waals surface area contributed by atoms with Crippen LogP contribution in [0.15, 0.2) is 0 Å². The first-order valence-electron chi connectivity index (χ1n) is 5.17. The molecule has 4 nitrogen and oxygen atoms in total. The summed E-state index contributed by atoms with van der Waals surface area (Å²) in [4.78, 5) is 13.3. The second kappa shape index (κ2) is 7.76.